The molecular weight excluding hydrogens is 318 g/mol. The second-order valence-electron chi connectivity index (χ2n) is 3.77. The van der Waals surface area contributed by atoms with Gasteiger partial charge in [-0.05, 0) is 30.3 Å². The Kier molecular flexibility index (Phi) is 3.95. The molecule has 2 aromatic carbocycles. The van der Waals surface area contributed by atoms with Crippen LogP contribution in [0.4, 0.5) is 8.78 Å². The molecule has 0 saturated carbocycles. The van der Waals surface area contributed by atoms with Crippen LogP contribution in [-0.4, -0.2) is 12.9 Å². The van der Waals surface area contributed by atoms with Gasteiger partial charge >= 0.3 is 0 Å². The maximum atomic E-state index is 13.8. The largest absolute Gasteiger partial charge is 0.496 e. The van der Waals surface area contributed by atoms with E-state index >= 15 is 0 Å². The summed E-state index contributed by atoms with van der Waals surface area (Å²) in [5.41, 5.74) is -0.486. The smallest absolute Gasteiger partial charge is 0.202 e. The van der Waals surface area contributed by atoms with Crippen molar-refractivity contribution in [2.75, 3.05) is 7.11 Å². The molecule has 0 unspecified atom stereocenters. The Morgan fingerprint density at radius 3 is 2.58 bits per heavy atom. The van der Waals surface area contributed by atoms with E-state index in [0.717, 1.165) is 12.1 Å². The fourth-order valence-corrected chi connectivity index (χ4v) is 2.06. The molecule has 0 radical (unpaired) electrons. The molecule has 0 N–H and O–H groups in total. The Hall–Kier alpha value is -1.75. The van der Waals surface area contributed by atoms with Crippen LogP contribution in [0.2, 0.25) is 0 Å². The first-order valence-electron chi connectivity index (χ1n) is 5.37. The van der Waals surface area contributed by atoms with E-state index in [1.165, 1.54) is 31.4 Å². The van der Waals surface area contributed by atoms with Gasteiger partial charge in [0.15, 0.2) is 0 Å². The van der Waals surface area contributed by atoms with Gasteiger partial charge < -0.3 is 4.74 Å². The predicted molar refractivity (Wildman–Crippen MR) is 70.5 cm³/mol. The zero-order valence-electron chi connectivity index (χ0n) is 9.91. The van der Waals surface area contributed by atoms with Crippen LogP contribution in [0.1, 0.15) is 15.9 Å². The van der Waals surface area contributed by atoms with Crippen molar-refractivity contribution in [2.45, 2.75) is 0 Å². The highest BCUT2D eigenvalue weighted by atomic mass is 79.9. The topological polar surface area (TPSA) is 26.3 Å². The summed E-state index contributed by atoms with van der Waals surface area (Å²) in [6.07, 6.45) is 0. The van der Waals surface area contributed by atoms with Crippen molar-refractivity contribution in [3.8, 4) is 5.75 Å². The van der Waals surface area contributed by atoms with Gasteiger partial charge in [0, 0.05) is 4.47 Å². The molecule has 0 fully saturated rings. The molecule has 0 bridgehead atoms. The molecule has 19 heavy (non-hydrogen) atoms. The standard InChI is InChI=1S/C14H9BrF2O2/c1-19-12-4-2-3-11(17)13(12)14(18)9-7-8(15)5-6-10(9)16/h2-7H,1H3. The van der Waals surface area contributed by atoms with Gasteiger partial charge in [0.05, 0.1) is 12.7 Å². The van der Waals surface area contributed by atoms with Crippen LogP contribution in [0.5, 0.6) is 5.75 Å². The van der Waals surface area contributed by atoms with E-state index in [9.17, 15) is 13.6 Å². The van der Waals surface area contributed by atoms with Gasteiger partial charge in [-0.1, -0.05) is 22.0 Å². The summed E-state index contributed by atoms with van der Waals surface area (Å²) in [5, 5.41) is 0. The maximum absolute atomic E-state index is 13.8. The highest BCUT2D eigenvalue weighted by molar-refractivity contribution is 9.10. The first-order chi connectivity index (χ1) is 9.04. The quantitative estimate of drug-likeness (QED) is 0.798. The number of methoxy groups -OCH3 is 1. The molecule has 0 saturated heterocycles. The third kappa shape index (κ3) is 2.66. The molecule has 2 nitrogen and oxygen atoms in total. The number of halogens is 3. The highest BCUT2D eigenvalue weighted by Crippen LogP contribution is 2.26. The van der Waals surface area contributed by atoms with Crippen LogP contribution in [0.25, 0.3) is 0 Å². The number of ether oxygens (including phenoxy) is 1. The van der Waals surface area contributed by atoms with Gasteiger partial charge in [-0.3, -0.25) is 4.79 Å². The molecule has 5 heteroatoms. The molecule has 0 amide bonds. The zero-order chi connectivity index (χ0) is 14.0. The normalized spacial score (nSPS) is 10.3. The molecule has 0 aliphatic heterocycles. The summed E-state index contributed by atoms with van der Waals surface area (Å²) >= 11 is 3.15. The van der Waals surface area contributed by atoms with Crippen molar-refractivity contribution in [2.24, 2.45) is 0 Å². The van der Waals surface area contributed by atoms with Crippen molar-refractivity contribution < 1.29 is 18.3 Å². The van der Waals surface area contributed by atoms with Crippen molar-refractivity contribution >= 4 is 21.7 Å². The molecule has 2 rings (SSSR count). The summed E-state index contributed by atoms with van der Waals surface area (Å²) in [4.78, 5) is 12.2. The Balaban J connectivity index is 2.59. The van der Waals surface area contributed by atoms with Crippen molar-refractivity contribution in [1.82, 2.24) is 0 Å². The lowest BCUT2D eigenvalue weighted by molar-refractivity contribution is 0.102. The third-order valence-electron chi connectivity index (χ3n) is 2.60. The summed E-state index contributed by atoms with van der Waals surface area (Å²) in [5.74, 6) is -2.14. The van der Waals surface area contributed by atoms with Crippen LogP contribution in [0, 0.1) is 11.6 Å². The average Bonchev–Trinajstić information content (AvgIpc) is 2.40. The lowest BCUT2D eigenvalue weighted by Gasteiger charge is -2.09. The second kappa shape index (κ2) is 5.48. The fraction of sp³-hybridized carbons (Fsp3) is 0.0714. The molecule has 0 aliphatic rings. The number of hydrogen-bond acceptors (Lipinski definition) is 2. The van der Waals surface area contributed by atoms with E-state index in [-0.39, 0.29) is 16.9 Å². The lowest BCUT2D eigenvalue weighted by Crippen LogP contribution is -2.09. The molecule has 0 heterocycles. The average molecular weight is 327 g/mol. The van der Waals surface area contributed by atoms with E-state index in [1.54, 1.807) is 0 Å². The van der Waals surface area contributed by atoms with E-state index < -0.39 is 17.4 Å². The highest BCUT2D eigenvalue weighted by Gasteiger charge is 2.22. The minimum Gasteiger partial charge on any atom is -0.496 e. The number of carbonyl (C=O) groups is 1. The first kappa shape index (κ1) is 13.7. The van der Waals surface area contributed by atoms with Gasteiger partial charge in [0.25, 0.3) is 0 Å². The Labute approximate surface area is 117 Å². The monoisotopic (exact) mass is 326 g/mol. The number of carbonyl (C=O) groups excluding carboxylic acids is 1. The number of hydrogen-bond donors (Lipinski definition) is 0. The molecule has 0 atom stereocenters. The van der Waals surface area contributed by atoms with Crippen LogP contribution < -0.4 is 4.74 Å². The second-order valence-corrected chi connectivity index (χ2v) is 4.69. The Bertz CT molecular complexity index is 641. The predicted octanol–water partition coefficient (Wildman–Crippen LogP) is 3.97. The van der Waals surface area contributed by atoms with Crippen LogP contribution in [0.3, 0.4) is 0 Å². The lowest BCUT2D eigenvalue weighted by atomic mass is 10.0. The van der Waals surface area contributed by atoms with Gasteiger partial charge in [-0.2, -0.15) is 0 Å². The van der Waals surface area contributed by atoms with Crippen molar-refractivity contribution in [1.29, 1.82) is 0 Å². The van der Waals surface area contributed by atoms with Gasteiger partial charge in [-0.15, -0.1) is 0 Å². The summed E-state index contributed by atoms with van der Waals surface area (Å²) < 4.78 is 32.9. The fourth-order valence-electron chi connectivity index (χ4n) is 1.70. The SMILES string of the molecule is COc1cccc(F)c1C(=O)c1cc(Br)ccc1F. The maximum Gasteiger partial charge on any atom is 0.202 e. The molecule has 2 aromatic rings. The van der Waals surface area contributed by atoms with Crippen molar-refractivity contribution in [3.63, 3.8) is 0 Å². The molecule has 98 valence electrons. The van der Waals surface area contributed by atoms with Gasteiger partial charge in [-0.25, -0.2) is 8.78 Å². The van der Waals surface area contributed by atoms with E-state index in [2.05, 4.69) is 15.9 Å². The first-order valence-corrected chi connectivity index (χ1v) is 6.16. The molecule has 0 aliphatic carbocycles. The Morgan fingerprint density at radius 1 is 1.16 bits per heavy atom. The van der Waals surface area contributed by atoms with Crippen molar-refractivity contribution in [3.05, 3.63) is 63.6 Å². The van der Waals surface area contributed by atoms with Gasteiger partial charge in [0.2, 0.25) is 5.78 Å². The van der Waals surface area contributed by atoms with E-state index in [1.807, 2.05) is 0 Å². The number of benzene rings is 2. The van der Waals surface area contributed by atoms with E-state index in [0.29, 0.717) is 4.47 Å². The minimum absolute atomic E-state index is 0.0735. The van der Waals surface area contributed by atoms with Gasteiger partial charge in [0.1, 0.15) is 22.9 Å². The third-order valence-corrected chi connectivity index (χ3v) is 3.09. The van der Waals surface area contributed by atoms with Crippen LogP contribution in [0.15, 0.2) is 40.9 Å². The molecule has 0 aromatic heterocycles. The Morgan fingerprint density at radius 2 is 1.89 bits per heavy atom. The number of rotatable bonds is 3. The van der Waals surface area contributed by atoms with E-state index in [4.69, 9.17) is 4.74 Å². The summed E-state index contributed by atoms with van der Waals surface area (Å²) in [6, 6.07) is 7.92. The molecular formula is C14H9BrF2O2. The summed E-state index contributed by atoms with van der Waals surface area (Å²) in [7, 11) is 1.32. The van der Waals surface area contributed by atoms with Crippen LogP contribution in [-0.2, 0) is 0 Å². The minimum atomic E-state index is -0.756. The number of ketones is 1. The molecule has 0 spiro atoms. The zero-order valence-corrected chi connectivity index (χ0v) is 11.5. The summed E-state index contributed by atoms with van der Waals surface area (Å²) in [6.45, 7) is 0. The van der Waals surface area contributed by atoms with Crippen LogP contribution >= 0.6 is 15.9 Å².